The molecule has 3 fully saturated rings. The van der Waals surface area contributed by atoms with Gasteiger partial charge in [0.1, 0.15) is 0 Å². The highest BCUT2D eigenvalue weighted by Crippen LogP contribution is 2.31. The third kappa shape index (κ3) is 2.53. The Labute approximate surface area is 106 Å². The van der Waals surface area contributed by atoms with E-state index in [1.807, 2.05) is 0 Å². The normalized spacial score (nSPS) is 42.9. The van der Waals surface area contributed by atoms with Crippen LogP contribution in [0.25, 0.3) is 0 Å². The molecule has 2 aliphatic heterocycles. The molecular formula is C15H28N2. The van der Waals surface area contributed by atoms with Crippen molar-refractivity contribution >= 4 is 0 Å². The molecule has 2 heteroatoms. The minimum atomic E-state index is 0.825. The van der Waals surface area contributed by atoms with Gasteiger partial charge in [0.05, 0.1) is 0 Å². The highest BCUT2D eigenvalue weighted by Gasteiger charge is 2.34. The topological polar surface area (TPSA) is 15.3 Å². The van der Waals surface area contributed by atoms with Crippen molar-refractivity contribution in [3.63, 3.8) is 0 Å². The van der Waals surface area contributed by atoms with Gasteiger partial charge in [-0.3, -0.25) is 0 Å². The van der Waals surface area contributed by atoms with E-state index in [1.54, 1.807) is 0 Å². The molecule has 0 bridgehead atoms. The maximum absolute atomic E-state index is 4.00. The Bertz CT molecular complexity index is 253. The summed E-state index contributed by atoms with van der Waals surface area (Å²) in [7, 11) is 0. The second kappa shape index (κ2) is 5.27. The smallest absolute Gasteiger partial charge is 0.0111 e. The molecule has 0 spiro atoms. The number of nitrogens with one attached hydrogen (secondary N) is 1. The molecule has 1 N–H and O–H groups in total. The molecular weight excluding hydrogens is 208 g/mol. The number of rotatable bonds is 3. The zero-order valence-corrected chi connectivity index (χ0v) is 11.3. The summed E-state index contributed by atoms with van der Waals surface area (Å²) in [6.45, 7) is 5.09. The number of piperidine rings is 1. The van der Waals surface area contributed by atoms with Crippen LogP contribution in [0.2, 0.25) is 0 Å². The van der Waals surface area contributed by atoms with Crippen molar-refractivity contribution in [2.75, 3.05) is 13.1 Å². The van der Waals surface area contributed by atoms with Crippen LogP contribution in [-0.2, 0) is 0 Å². The van der Waals surface area contributed by atoms with Gasteiger partial charge in [-0.1, -0.05) is 19.8 Å². The van der Waals surface area contributed by atoms with Gasteiger partial charge in [-0.15, -0.1) is 0 Å². The quantitative estimate of drug-likeness (QED) is 0.810. The Hall–Kier alpha value is -0.0800. The van der Waals surface area contributed by atoms with Crippen LogP contribution in [0.5, 0.6) is 0 Å². The summed E-state index contributed by atoms with van der Waals surface area (Å²) in [5.74, 6) is 0.969. The summed E-state index contributed by atoms with van der Waals surface area (Å²) >= 11 is 0. The average molecular weight is 236 g/mol. The van der Waals surface area contributed by atoms with Crippen LogP contribution < -0.4 is 5.32 Å². The van der Waals surface area contributed by atoms with Gasteiger partial charge in [0.2, 0.25) is 0 Å². The van der Waals surface area contributed by atoms with Crippen LogP contribution in [0, 0.1) is 5.92 Å². The lowest BCUT2D eigenvalue weighted by molar-refractivity contribution is 0.156. The summed E-state index contributed by atoms with van der Waals surface area (Å²) in [6.07, 6.45) is 11.5. The molecule has 0 aromatic heterocycles. The zero-order chi connectivity index (χ0) is 11.7. The Morgan fingerprint density at radius 3 is 2.88 bits per heavy atom. The third-order valence-corrected chi connectivity index (χ3v) is 5.45. The van der Waals surface area contributed by atoms with Crippen LogP contribution in [0.1, 0.15) is 58.3 Å². The highest BCUT2D eigenvalue weighted by atomic mass is 15.2. The molecule has 0 amide bonds. The van der Waals surface area contributed by atoms with Crippen molar-refractivity contribution in [3.05, 3.63) is 0 Å². The van der Waals surface area contributed by atoms with Crippen molar-refractivity contribution in [2.24, 2.45) is 5.92 Å². The van der Waals surface area contributed by atoms with Crippen molar-refractivity contribution in [3.8, 4) is 0 Å². The molecule has 2 nitrogen and oxygen atoms in total. The van der Waals surface area contributed by atoms with E-state index < -0.39 is 0 Å². The summed E-state index contributed by atoms with van der Waals surface area (Å²) in [5.41, 5.74) is 0. The largest absolute Gasteiger partial charge is 0.311 e. The van der Waals surface area contributed by atoms with Gasteiger partial charge in [-0.05, 0) is 57.5 Å². The fraction of sp³-hybridized carbons (Fsp3) is 1.00. The Kier molecular flexibility index (Phi) is 3.72. The molecule has 1 saturated carbocycles. The van der Waals surface area contributed by atoms with Crippen molar-refractivity contribution in [1.29, 1.82) is 0 Å². The van der Waals surface area contributed by atoms with E-state index in [-0.39, 0.29) is 0 Å². The fourth-order valence-electron chi connectivity index (χ4n) is 4.42. The van der Waals surface area contributed by atoms with Crippen molar-refractivity contribution in [1.82, 2.24) is 10.2 Å². The standard InChI is InChI=1S/C15H28N2/c1-2-12-5-3-7-15(12)16-13-8-10-17-9-4-6-14(17)11-13/h12-16H,2-11H2,1H3. The fourth-order valence-corrected chi connectivity index (χ4v) is 4.42. The van der Waals surface area contributed by atoms with E-state index >= 15 is 0 Å². The molecule has 2 saturated heterocycles. The van der Waals surface area contributed by atoms with Crippen LogP contribution >= 0.6 is 0 Å². The monoisotopic (exact) mass is 236 g/mol. The van der Waals surface area contributed by atoms with Crippen LogP contribution in [0.3, 0.4) is 0 Å². The second-order valence-electron chi connectivity index (χ2n) is 6.43. The second-order valence-corrected chi connectivity index (χ2v) is 6.43. The third-order valence-electron chi connectivity index (χ3n) is 5.45. The number of hydrogen-bond donors (Lipinski definition) is 1. The molecule has 98 valence electrons. The summed E-state index contributed by atoms with van der Waals surface area (Å²) in [5, 5.41) is 4.00. The summed E-state index contributed by atoms with van der Waals surface area (Å²) < 4.78 is 0. The maximum atomic E-state index is 4.00. The lowest BCUT2D eigenvalue weighted by Crippen LogP contribution is -2.49. The van der Waals surface area contributed by atoms with E-state index in [4.69, 9.17) is 0 Å². The lowest BCUT2D eigenvalue weighted by atomic mass is 9.94. The molecule has 0 radical (unpaired) electrons. The first-order valence-corrected chi connectivity index (χ1v) is 7.87. The Morgan fingerprint density at radius 1 is 1.06 bits per heavy atom. The molecule has 0 aromatic carbocycles. The van der Waals surface area contributed by atoms with Crippen molar-refractivity contribution < 1.29 is 0 Å². The molecule has 3 aliphatic rings. The van der Waals surface area contributed by atoms with Gasteiger partial charge >= 0.3 is 0 Å². The lowest BCUT2D eigenvalue weighted by Gasteiger charge is -2.37. The van der Waals surface area contributed by atoms with Gasteiger partial charge in [0.15, 0.2) is 0 Å². The maximum Gasteiger partial charge on any atom is 0.0111 e. The van der Waals surface area contributed by atoms with E-state index in [0.29, 0.717) is 0 Å². The first-order valence-electron chi connectivity index (χ1n) is 7.87. The molecule has 17 heavy (non-hydrogen) atoms. The van der Waals surface area contributed by atoms with Crippen molar-refractivity contribution in [2.45, 2.75) is 76.4 Å². The Morgan fingerprint density at radius 2 is 2.00 bits per heavy atom. The summed E-state index contributed by atoms with van der Waals surface area (Å²) in [6, 6.07) is 2.59. The molecule has 1 aliphatic carbocycles. The predicted molar refractivity (Wildman–Crippen MR) is 72.2 cm³/mol. The van der Waals surface area contributed by atoms with Gasteiger partial charge in [-0.25, -0.2) is 0 Å². The first kappa shape index (κ1) is 12.0. The highest BCUT2D eigenvalue weighted by molar-refractivity contribution is 4.92. The SMILES string of the molecule is CCC1CCCC1NC1CCN2CCCC2C1. The molecule has 3 rings (SSSR count). The minimum Gasteiger partial charge on any atom is -0.311 e. The van der Waals surface area contributed by atoms with E-state index in [1.165, 1.54) is 64.5 Å². The molecule has 4 unspecified atom stereocenters. The van der Waals surface area contributed by atoms with Crippen LogP contribution in [0.15, 0.2) is 0 Å². The number of nitrogens with zero attached hydrogens (tertiary/aromatic N) is 1. The van der Waals surface area contributed by atoms with E-state index in [2.05, 4.69) is 17.1 Å². The van der Waals surface area contributed by atoms with Crippen LogP contribution in [-0.4, -0.2) is 36.1 Å². The van der Waals surface area contributed by atoms with Gasteiger partial charge in [-0.2, -0.15) is 0 Å². The van der Waals surface area contributed by atoms with Gasteiger partial charge in [0.25, 0.3) is 0 Å². The van der Waals surface area contributed by atoms with E-state index in [9.17, 15) is 0 Å². The number of hydrogen-bond acceptors (Lipinski definition) is 2. The van der Waals surface area contributed by atoms with E-state index in [0.717, 1.165) is 24.0 Å². The van der Waals surface area contributed by atoms with Gasteiger partial charge < -0.3 is 10.2 Å². The van der Waals surface area contributed by atoms with Crippen LogP contribution in [0.4, 0.5) is 0 Å². The molecule has 4 atom stereocenters. The molecule has 0 aromatic rings. The number of fused-ring (bicyclic) bond motifs is 1. The molecule has 2 heterocycles. The average Bonchev–Trinajstić information content (AvgIpc) is 2.96. The van der Waals surface area contributed by atoms with Gasteiger partial charge in [0, 0.05) is 18.1 Å². The minimum absolute atomic E-state index is 0.825. The first-order chi connectivity index (χ1) is 8.36. The predicted octanol–water partition coefficient (Wildman–Crippen LogP) is 2.78. The summed E-state index contributed by atoms with van der Waals surface area (Å²) in [4.78, 5) is 2.73. The Balaban J connectivity index is 1.52. The zero-order valence-electron chi connectivity index (χ0n) is 11.3.